The van der Waals surface area contributed by atoms with Gasteiger partial charge in [0.2, 0.25) is 0 Å². The number of morpholine rings is 1. The van der Waals surface area contributed by atoms with Gasteiger partial charge < -0.3 is 10.1 Å². The van der Waals surface area contributed by atoms with Crippen molar-refractivity contribution in [1.29, 1.82) is 0 Å². The average Bonchev–Trinajstić information content (AvgIpc) is 1.96. The largest absolute Gasteiger partial charge is 0.379 e. The van der Waals surface area contributed by atoms with Crippen LogP contribution in [0.2, 0.25) is 0 Å². The van der Waals surface area contributed by atoms with Crippen LogP contribution in [0.4, 0.5) is 9.15 Å². The van der Waals surface area contributed by atoms with E-state index in [4.69, 9.17) is 13.9 Å². The Kier molecular flexibility index (Phi) is 6.59. The van der Waals surface area contributed by atoms with Crippen molar-refractivity contribution in [1.82, 2.24) is 5.32 Å². The Labute approximate surface area is 46.7 Å². The third kappa shape index (κ3) is 3.95. The maximum absolute atomic E-state index is 8.00. The highest BCUT2D eigenvalue weighted by Crippen LogP contribution is 1.76. The van der Waals surface area contributed by atoms with E-state index in [0.29, 0.717) is 0 Å². The van der Waals surface area contributed by atoms with Crippen LogP contribution < -0.4 is 5.32 Å². The molecule has 0 bridgehead atoms. The Morgan fingerprint density at radius 2 is 1.62 bits per heavy atom. The molecule has 1 fully saturated rings. The van der Waals surface area contributed by atoms with E-state index < -0.39 is 0 Å². The van der Waals surface area contributed by atoms with Gasteiger partial charge in [-0.3, -0.25) is 0 Å². The van der Waals surface area contributed by atoms with Crippen molar-refractivity contribution in [3.05, 3.63) is 0 Å². The highest BCUT2D eigenvalue weighted by Gasteiger charge is 1.92. The summed E-state index contributed by atoms with van der Waals surface area (Å²) in [5.41, 5.74) is 0. The molecule has 0 atom stereocenters. The van der Waals surface area contributed by atoms with Gasteiger partial charge in [0.15, 0.2) is 0 Å². The normalized spacial score (nSPS) is 18.8. The zero-order valence-electron chi connectivity index (χ0n) is 4.49. The fraction of sp³-hybridized carbons (Fsp3) is 1.00. The van der Waals surface area contributed by atoms with Crippen LogP contribution in [0.3, 0.4) is 0 Å². The van der Waals surface area contributed by atoms with Crippen molar-refractivity contribution in [2.75, 3.05) is 26.3 Å². The predicted octanol–water partition coefficient (Wildman–Crippen LogP) is 0.447. The summed E-state index contributed by atoms with van der Waals surface area (Å²) in [7, 11) is 0. The SMILES string of the molecule is C1COCCN1.FF. The van der Waals surface area contributed by atoms with Gasteiger partial charge in [-0.15, -0.1) is 0 Å². The molecule has 0 aromatic carbocycles. The maximum atomic E-state index is 8.00. The summed E-state index contributed by atoms with van der Waals surface area (Å²) in [6.45, 7) is 3.83. The van der Waals surface area contributed by atoms with E-state index in [0.717, 1.165) is 26.3 Å². The topological polar surface area (TPSA) is 21.3 Å². The van der Waals surface area contributed by atoms with Crippen LogP contribution in [-0.4, -0.2) is 26.3 Å². The summed E-state index contributed by atoms with van der Waals surface area (Å²) in [4.78, 5) is 0. The van der Waals surface area contributed by atoms with Gasteiger partial charge in [-0.25, -0.2) is 0 Å². The van der Waals surface area contributed by atoms with Crippen molar-refractivity contribution in [2.45, 2.75) is 0 Å². The van der Waals surface area contributed by atoms with Gasteiger partial charge in [0.25, 0.3) is 0 Å². The van der Waals surface area contributed by atoms with Crippen molar-refractivity contribution in [3.8, 4) is 0 Å². The molecule has 0 unspecified atom stereocenters. The minimum atomic E-state index is 0.889. The molecule has 0 amide bonds. The first kappa shape index (κ1) is 7.78. The lowest BCUT2D eigenvalue weighted by atomic mass is 10.5. The molecule has 1 aliphatic heterocycles. The third-order valence-corrected chi connectivity index (χ3v) is 0.846. The van der Waals surface area contributed by atoms with Crippen LogP contribution in [0, 0.1) is 0 Å². The molecule has 1 rings (SSSR count). The maximum Gasteiger partial charge on any atom is 0.0591 e. The molecule has 1 aliphatic rings. The van der Waals surface area contributed by atoms with E-state index in [1.165, 1.54) is 0 Å². The minimum absolute atomic E-state index is 0.889. The lowest BCUT2D eigenvalue weighted by molar-refractivity contribution is 0.108. The van der Waals surface area contributed by atoms with E-state index in [9.17, 15) is 0 Å². The standard InChI is InChI=1S/C4H9NO.F2/c1-3-6-4-2-5-1;1-2/h5H,1-4H2;. The van der Waals surface area contributed by atoms with E-state index >= 15 is 0 Å². The van der Waals surface area contributed by atoms with Crippen molar-refractivity contribution in [3.63, 3.8) is 0 Å². The molecular weight excluding hydrogens is 116 g/mol. The quantitative estimate of drug-likeness (QED) is 0.507. The van der Waals surface area contributed by atoms with Gasteiger partial charge in [0, 0.05) is 22.2 Å². The van der Waals surface area contributed by atoms with Gasteiger partial charge in [-0.2, -0.15) is 0 Å². The van der Waals surface area contributed by atoms with E-state index in [1.54, 1.807) is 0 Å². The number of ether oxygens (including phenoxy) is 1. The lowest BCUT2D eigenvalue weighted by Gasteiger charge is -2.10. The van der Waals surface area contributed by atoms with Gasteiger partial charge in [0.1, 0.15) is 0 Å². The molecule has 2 nitrogen and oxygen atoms in total. The molecule has 0 aliphatic carbocycles. The van der Waals surface area contributed by atoms with Crippen molar-refractivity contribution in [2.24, 2.45) is 0 Å². The second-order valence-electron chi connectivity index (χ2n) is 1.36. The molecule has 1 N–H and O–H groups in total. The Morgan fingerprint density at radius 3 is 1.75 bits per heavy atom. The van der Waals surface area contributed by atoms with Crippen LogP contribution in [0.25, 0.3) is 0 Å². The summed E-state index contributed by atoms with van der Waals surface area (Å²) in [6.07, 6.45) is 0. The lowest BCUT2D eigenvalue weighted by Crippen LogP contribution is -2.30. The molecule has 8 heavy (non-hydrogen) atoms. The number of nitrogens with one attached hydrogen (secondary N) is 1. The van der Waals surface area contributed by atoms with Gasteiger partial charge >= 0.3 is 0 Å². The van der Waals surface area contributed by atoms with Crippen LogP contribution in [0.1, 0.15) is 0 Å². The monoisotopic (exact) mass is 125 g/mol. The highest BCUT2D eigenvalue weighted by molar-refractivity contribution is 4.49. The molecule has 0 aromatic heterocycles. The minimum Gasteiger partial charge on any atom is -0.379 e. The Bertz CT molecular complexity index is 29.5. The fourth-order valence-electron chi connectivity index (χ4n) is 0.516. The van der Waals surface area contributed by atoms with Crippen LogP contribution in [0.5, 0.6) is 0 Å². The first-order chi connectivity index (χ1) is 4.00. The molecular formula is C4H9F2NO. The zero-order chi connectivity index (χ0) is 6.24. The average molecular weight is 125 g/mol. The molecule has 0 spiro atoms. The second-order valence-corrected chi connectivity index (χ2v) is 1.36. The van der Waals surface area contributed by atoms with Gasteiger partial charge in [-0.1, -0.05) is 0 Å². The van der Waals surface area contributed by atoms with Gasteiger partial charge in [-0.05, 0) is 0 Å². The molecule has 1 saturated heterocycles. The summed E-state index contributed by atoms with van der Waals surface area (Å²) >= 11 is 0. The predicted molar refractivity (Wildman–Crippen MR) is 25.9 cm³/mol. The summed E-state index contributed by atoms with van der Waals surface area (Å²) in [6, 6.07) is 0. The van der Waals surface area contributed by atoms with Crippen LogP contribution >= 0.6 is 0 Å². The highest BCUT2D eigenvalue weighted by atomic mass is 20.0. The molecule has 0 radical (unpaired) electrons. The van der Waals surface area contributed by atoms with Crippen LogP contribution in [-0.2, 0) is 4.74 Å². The molecule has 1 heterocycles. The smallest absolute Gasteiger partial charge is 0.0591 e. The van der Waals surface area contributed by atoms with E-state index in [-0.39, 0.29) is 0 Å². The molecule has 50 valence electrons. The van der Waals surface area contributed by atoms with E-state index in [1.807, 2.05) is 0 Å². The molecule has 0 aromatic rings. The van der Waals surface area contributed by atoms with E-state index in [2.05, 4.69) is 5.32 Å². The number of hydrogen-bond donors (Lipinski definition) is 1. The Balaban J connectivity index is 0.000000222. The summed E-state index contributed by atoms with van der Waals surface area (Å²) in [5, 5.41) is 3.16. The summed E-state index contributed by atoms with van der Waals surface area (Å²) < 4.78 is 21.0. The Hall–Kier alpha value is -0.220. The molecule has 0 saturated carbocycles. The first-order valence-corrected chi connectivity index (χ1v) is 2.43. The molecule has 4 heteroatoms. The number of hydrogen-bond acceptors (Lipinski definition) is 2. The fourth-order valence-corrected chi connectivity index (χ4v) is 0.516. The Morgan fingerprint density at radius 1 is 1.12 bits per heavy atom. The zero-order valence-corrected chi connectivity index (χ0v) is 4.49. The van der Waals surface area contributed by atoms with Crippen LogP contribution in [0.15, 0.2) is 0 Å². The summed E-state index contributed by atoms with van der Waals surface area (Å²) in [5.74, 6) is 0. The second kappa shape index (κ2) is 6.78. The first-order valence-electron chi connectivity index (χ1n) is 2.43. The third-order valence-electron chi connectivity index (χ3n) is 0.846. The van der Waals surface area contributed by atoms with Crippen molar-refractivity contribution < 1.29 is 13.9 Å². The number of rotatable bonds is 0. The number of halogens is 2. The van der Waals surface area contributed by atoms with Crippen molar-refractivity contribution >= 4 is 0 Å². The van der Waals surface area contributed by atoms with Gasteiger partial charge in [0.05, 0.1) is 13.2 Å².